The topological polar surface area (TPSA) is 52.6 Å². The molecule has 5 nitrogen and oxygen atoms in total. The van der Waals surface area contributed by atoms with Gasteiger partial charge in [0.05, 0.1) is 20.3 Å². The first-order valence-electron chi connectivity index (χ1n) is 7.05. The summed E-state index contributed by atoms with van der Waals surface area (Å²) in [6.45, 7) is 5.43. The van der Waals surface area contributed by atoms with E-state index in [-0.39, 0.29) is 6.10 Å². The number of nitrogens with zero attached hydrogens (tertiary/aromatic N) is 1. The molecule has 0 saturated carbocycles. The van der Waals surface area contributed by atoms with Crippen molar-refractivity contribution >= 4 is 16.6 Å². The zero-order chi connectivity index (χ0) is 15.2. The highest BCUT2D eigenvalue weighted by Crippen LogP contribution is 2.34. The fourth-order valence-corrected chi connectivity index (χ4v) is 2.22. The van der Waals surface area contributed by atoms with Crippen LogP contribution in [0.5, 0.6) is 11.5 Å². The van der Waals surface area contributed by atoms with E-state index in [1.807, 2.05) is 32.0 Å². The van der Waals surface area contributed by atoms with Gasteiger partial charge in [0, 0.05) is 24.7 Å². The molecule has 2 rings (SSSR count). The predicted octanol–water partition coefficient (Wildman–Crippen LogP) is 3.09. The summed E-state index contributed by atoms with van der Waals surface area (Å²) in [6.07, 6.45) is 1.91. The van der Waals surface area contributed by atoms with Gasteiger partial charge in [-0.3, -0.25) is 0 Å². The van der Waals surface area contributed by atoms with Crippen LogP contribution in [0, 0.1) is 0 Å². The maximum absolute atomic E-state index is 5.52. The summed E-state index contributed by atoms with van der Waals surface area (Å²) in [6, 6.07) is 5.84. The number of benzene rings is 1. The molecule has 0 saturated heterocycles. The van der Waals surface area contributed by atoms with E-state index in [1.165, 1.54) is 0 Å². The van der Waals surface area contributed by atoms with Gasteiger partial charge in [0.15, 0.2) is 11.5 Å². The molecule has 1 unspecified atom stereocenters. The Hall–Kier alpha value is -2.01. The van der Waals surface area contributed by atoms with Crippen molar-refractivity contribution in [2.45, 2.75) is 20.0 Å². The van der Waals surface area contributed by atoms with Gasteiger partial charge < -0.3 is 19.5 Å². The second-order valence-electron chi connectivity index (χ2n) is 4.73. The largest absolute Gasteiger partial charge is 0.493 e. The molecule has 0 amide bonds. The van der Waals surface area contributed by atoms with Crippen LogP contribution in [-0.2, 0) is 4.74 Å². The van der Waals surface area contributed by atoms with E-state index < -0.39 is 0 Å². The van der Waals surface area contributed by atoms with E-state index in [9.17, 15) is 0 Å². The van der Waals surface area contributed by atoms with E-state index in [1.54, 1.807) is 20.4 Å². The molecule has 21 heavy (non-hydrogen) atoms. The number of fused-ring (bicyclic) bond motifs is 1. The van der Waals surface area contributed by atoms with Crippen LogP contribution < -0.4 is 14.8 Å². The lowest BCUT2D eigenvalue weighted by atomic mass is 10.1. The lowest BCUT2D eigenvalue weighted by molar-refractivity contribution is 0.0855. The lowest BCUT2D eigenvalue weighted by Gasteiger charge is -2.15. The Bertz CT molecular complexity index is 601. The lowest BCUT2D eigenvalue weighted by Crippen LogP contribution is -2.20. The van der Waals surface area contributed by atoms with Crippen LogP contribution in [0.2, 0.25) is 0 Å². The molecule has 0 aliphatic heterocycles. The third-order valence-electron chi connectivity index (χ3n) is 3.28. The summed E-state index contributed by atoms with van der Waals surface area (Å²) in [7, 11) is 3.26. The quantitative estimate of drug-likeness (QED) is 0.849. The molecular formula is C16H22N2O3. The molecule has 1 heterocycles. The van der Waals surface area contributed by atoms with Gasteiger partial charge in [-0.2, -0.15) is 0 Å². The average molecular weight is 290 g/mol. The molecule has 2 aromatic rings. The van der Waals surface area contributed by atoms with Crippen molar-refractivity contribution in [2.75, 3.05) is 32.7 Å². The maximum Gasteiger partial charge on any atom is 0.161 e. The standard InChI is InChI=1S/C16H22N2O3/c1-5-21-11(2)10-18-16-13-9-15(20-4)14(19-3)8-12(13)6-7-17-16/h6-9,11H,5,10H2,1-4H3,(H,17,18). The van der Waals surface area contributed by atoms with Crippen molar-refractivity contribution in [1.82, 2.24) is 4.98 Å². The van der Waals surface area contributed by atoms with Crippen LogP contribution >= 0.6 is 0 Å². The molecule has 0 radical (unpaired) electrons. The molecule has 1 atom stereocenters. The minimum Gasteiger partial charge on any atom is -0.493 e. The van der Waals surface area contributed by atoms with Crippen molar-refractivity contribution in [3.05, 3.63) is 24.4 Å². The van der Waals surface area contributed by atoms with Gasteiger partial charge in [0.25, 0.3) is 0 Å². The van der Waals surface area contributed by atoms with Gasteiger partial charge in [-0.05, 0) is 37.4 Å². The number of rotatable bonds is 7. The van der Waals surface area contributed by atoms with Crippen LogP contribution in [-0.4, -0.2) is 38.5 Å². The van der Waals surface area contributed by atoms with Gasteiger partial charge >= 0.3 is 0 Å². The number of methoxy groups -OCH3 is 2. The normalized spacial score (nSPS) is 12.2. The fraction of sp³-hybridized carbons (Fsp3) is 0.438. The number of anilines is 1. The SMILES string of the molecule is CCOC(C)CNc1nccc2cc(OC)c(OC)cc12. The van der Waals surface area contributed by atoms with Crippen LogP contribution in [0.1, 0.15) is 13.8 Å². The number of hydrogen-bond acceptors (Lipinski definition) is 5. The Morgan fingerprint density at radius 1 is 1.19 bits per heavy atom. The van der Waals surface area contributed by atoms with E-state index in [0.717, 1.165) is 16.6 Å². The van der Waals surface area contributed by atoms with Crippen molar-refractivity contribution in [3.63, 3.8) is 0 Å². The molecule has 1 aromatic carbocycles. The molecule has 0 fully saturated rings. The van der Waals surface area contributed by atoms with Gasteiger partial charge in [-0.1, -0.05) is 0 Å². The summed E-state index contributed by atoms with van der Waals surface area (Å²) >= 11 is 0. The molecule has 1 N–H and O–H groups in total. The Morgan fingerprint density at radius 3 is 2.57 bits per heavy atom. The first-order chi connectivity index (χ1) is 10.2. The van der Waals surface area contributed by atoms with Gasteiger partial charge in [0.2, 0.25) is 0 Å². The Labute approximate surface area is 125 Å². The summed E-state index contributed by atoms with van der Waals surface area (Å²) in [5.74, 6) is 2.23. The molecule has 0 spiro atoms. The summed E-state index contributed by atoms with van der Waals surface area (Å²) < 4.78 is 16.2. The zero-order valence-corrected chi connectivity index (χ0v) is 13.0. The Balaban J connectivity index is 2.31. The Morgan fingerprint density at radius 2 is 1.90 bits per heavy atom. The number of hydrogen-bond donors (Lipinski definition) is 1. The molecule has 0 aliphatic carbocycles. The third kappa shape index (κ3) is 3.55. The number of ether oxygens (including phenoxy) is 3. The highest BCUT2D eigenvalue weighted by atomic mass is 16.5. The first-order valence-corrected chi connectivity index (χ1v) is 7.05. The first kappa shape index (κ1) is 15.4. The molecule has 1 aromatic heterocycles. The van der Waals surface area contributed by atoms with Crippen molar-refractivity contribution < 1.29 is 14.2 Å². The van der Waals surface area contributed by atoms with Crippen LogP contribution in [0.25, 0.3) is 10.8 Å². The van der Waals surface area contributed by atoms with Gasteiger partial charge in [-0.15, -0.1) is 0 Å². The smallest absolute Gasteiger partial charge is 0.161 e. The fourth-order valence-electron chi connectivity index (χ4n) is 2.22. The molecule has 0 bridgehead atoms. The minimum atomic E-state index is 0.132. The van der Waals surface area contributed by atoms with Crippen LogP contribution in [0.4, 0.5) is 5.82 Å². The predicted molar refractivity (Wildman–Crippen MR) is 84.4 cm³/mol. The van der Waals surface area contributed by atoms with Crippen molar-refractivity contribution in [1.29, 1.82) is 0 Å². The Kier molecular flexibility index (Phi) is 5.22. The van der Waals surface area contributed by atoms with Crippen LogP contribution in [0.3, 0.4) is 0 Å². The number of nitrogens with one attached hydrogen (secondary N) is 1. The van der Waals surface area contributed by atoms with Crippen LogP contribution in [0.15, 0.2) is 24.4 Å². The summed E-state index contributed by atoms with van der Waals surface area (Å²) in [4.78, 5) is 4.41. The second-order valence-corrected chi connectivity index (χ2v) is 4.73. The van der Waals surface area contributed by atoms with Gasteiger partial charge in [-0.25, -0.2) is 4.98 Å². The maximum atomic E-state index is 5.52. The minimum absolute atomic E-state index is 0.132. The average Bonchev–Trinajstić information content (AvgIpc) is 2.51. The van der Waals surface area contributed by atoms with E-state index in [4.69, 9.17) is 14.2 Å². The molecule has 114 valence electrons. The second kappa shape index (κ2) is 7.13. The highest BCUT2D eigenvalue weighted by molar-refractivity contribution is 5.94. The zero-order valence-electron chi connectivity index (χ0n) is 13.0. The van der Waals surface area contributed by atoms with Crippen molar-refractivity contribution in [3.8, 4) is 11.5 Å². The third-order valence-corrected chi connectivity index (χ3v) is 3.28. The monoisotopic (exact) mass is 290 g/mol. The van der Waals surface area contributed by atoms with Crippen molar-refractivity contribution in [2.24, 2.45) is 0 Å². The van der Waals surface area contributed by atoms with Gasteiger partial charge in [0.1, 0.15) is 5.82 Å². The number of aromatic nitrogens is 1. The van der Waals surface area contributed by atoms with E-state index in [2.05, 4.69) is 10.3 Å². The van der Waals surface area contributed by atoms with E-state index >= 15 is 0 Å². The molecule has 0 aliphatic rings. The highest BCUT2D eigenvalue weighted by Gasteiger charge is 2.10. The number of pyridine rings is 1. The molecule has 5 heteroatoms. The summed E-state index contributed by atoms with van der Waals surface area (Å²) in [5.41, 5.74) is 0. The molecular weight excluding hydrogens is 268 g/mol. The summed E-state index contributed by atoms with van der Waals surface area (Å²) in [5, 5.41) is 5.38. The van der Waals surface area contributed by atoms with E-state index in [0.29, 0.717) is 24.7 Å².